The van der Waals surface area contributed by atoms with Gasteiger partial charge in [0.2, 0.25) is 0 Å². The number of hydrogen-bond acceptors (Lipinski definition) is 3. The van der Waals surface area contributed by atoms with Gasteiger partial charge in [-0.15, -0.1) is 0 Å². The Hall–Kier alpha value is -3.25. The first-order chi connectivity index (χ1) is 15.7. The normalized spacial score (nSPS) is 15.4. The molecule has 3 N–H and O–H groups in total. The highest BCUT2D eigenvalue weighted by molar-refractivity contribution is 5.98. The molecule has 32 heavy (non-hydrogen) atoms. The van der Waals surface area contributed by atoms with Gasteiger partial charge in [-0.1, -0.05) is 6.07 Å². The summed E-state index contributed by atoms with van der Waals surface area (Å²) < 4.78 is 5.55. The number of ether oxygens (including phenoxy) is 1. The third-order valence-corrected chi connectivity index (χ3v) is 6.63. The first kappa shape index (κ1) is 20.6. The van der Waals surface area contributed by atoms with E-state index >= 15 is 0 Å². The number of fused-ring (bicyclic) bond motifs is 2. The van der Waals surface area contributed by atoms with Crippen molar-refractivity contribution < 1.29 is 9.53 Å². The highest BCUT2D eigenvalue weighted by Crippen LogP contribution is 2.29. The first-order valence-corrected chi connectivity index (χ1v) is 11.4. The van der Waals surface area contributed by atoms with Gasteiger partial charge in [-0.25, -0.2) is 0 Å². The molecule has 0 saturated carbocycles. The first-order valence-electron chi connectivity index (χ1n) is 11.4. The fourth-order valence-electron chi connectivity index (χ4n) is 4.84. The lowest BCUT2D eigenvalue weighted by atomic mass is 10.0. The smallest absolute Gasteiger partial charge is 0.251 e. The minimum Gasteiger partial charge on any atom is -0.496 e. The minimum atomic E-state index is 0.0276. The fourth-order valence-corrected chi connectivity index (χ4v) is 4.84. The van der Waals surface area contributed by atoms with Gasteiger partial charge in [0, 0.05) is 58.9 Å². The van der Waals surface area contributed by atoms with Crippen LogP contribution in [0.15, 0.2) is 54.9 Å². The van der Waals surface area contributed by atoms with Crippen LogP contribution in [0, 0.1) is 0 Å². The predicted octanol–water partition coefficient (Wildman–Crippen LogP) is 4.48. The summed E-state index contributed by atoms with van der Waals surface area (Å²) in [6, 6.07) is 14.2. The van der Waals surface area contributed by atoms with E-state index < -0.39 is 0 Å². The van der Waals surface area contributed by atoms with Crippen molar-refractivity contribution in [3.8, 4) is 5.75 Å². The monoisotopic (exact) mass is 430 g/mol. The molecule has 4 aromatic rings. The van der Waals surface area contributed by atoms with E-state index in [4.69, 9.17) is 4.74 Å². The third kappa shape index (κ3) is 4.23. The molecule has 6 nitrogen and oxygen atoms in total. The highest BCUT2D eigenvalue weighted by Gasteiger charge is 2.21. The van der Waals surface area contributed by atoms with Crippen LogP contribution in [0.3, 0.4) is 0 Å². The molecule has 3 heterocycles. The van der Waals surface area contributed by atoms with E-state index in [1.54, 1.807) is 7.11 Å². The average molecular weight is 431 g/mol. The summed E-state index contributed by atoms with van der Waals surface area (Å²) >= 11 is 0. The second-order valence-corrected chi connectivity index (χ2v) is 8.67. The van der Waals surface area contributed by atoms with E-state index in [9.17, 15) is 4.79 Å². The van der Waals surface area contributed by atoms with Crippen LogP contribution >= 0.6 is 0 Å². The fraction of sp³-hybridized carbons (Fsp3) is 0.346. The van der Waals surface area contributed by atoms with Crippen LogP contribution in [-0.4, -0.2) is 53.6 Å². The number of piperidine rings is 1. The minimum absolute atomic E-state index is 0.0276. The summed E-state index contributed by atoms with van der Waals surface area (Å²) in [4.78, 5) is 21.7. The number of nitrogens with one attached hydrogen (secondary N) is 3. The van der Waals surface area contributed by atoms with Crippen LogP contribution in [0.5, 0.6) is 5.75 Å². The van der Waals surface area contributed by atoms with Crippen molar-refractivity contribution in [1.82, 2.24) is 20.2 Å². The van der Waals surface area contributed by atoms with Crippen molar-refractivity contribution in [3.05, 3.63) is 66.0 Å². The zero-order chi connectivity index (χ0) is 21.9. The van der Waals surface area contributed by atoms with E-state index in [0.29, 0.717) is 0 Å². The van der Waals surface area contributed by atoms with E-state index in [2.05, 4.69) is 32.4 Å². The standard InChI is InChI=1S/C26H30N4O2/c1-32-24-6-2-5-23-25(24)20(17-28-23)4-3-13-30-14-10-21(11-15-30)29-26(31)19-7-8-22-18(16-19)9-12-27-22/h2,5-9,12,16-17,21,27-28H,3-4,10-11,13-15H2,1H3,(H,29,31). The second kappa shape index (κ2) is 9.09. The van der Waals surface area contributed by atoms with Gasteiger partial charge < -0.3 is 24.9 Å². The Balaban J connectivity index is 1.09. The molecule has 2 aromatic heterocycles. The van der Waals surface area contributed by atoms with E-state index in [0.717, 1.165) is 73.1 Å². The van der Waals surface area contributed by atoms with Crippen molar-refractivity contribution in [3.63, 3.8) is 0 Å². The van der Waals surface area contributed by atoms with Crippen LogP contribution in [0.4, 0.5) is 0 Å². The van der Waals surface area contributed by atoms with Crippen molar-refractivity contribution >= 4 is 27.7 Å². The summed E-state index contributed by atoms with van der Waals surface area (Å²) in [6.07, 6.45) is 8.15. The number of likely N-dealkylation sites (tertiary alicyclic amines) is 1. The Bertz CT molecular complexity index is 1220. The van der Waals surface area contributed by atoms with Crippen LogP contribution in [0.1, 0.15) is 35.2 Å². The van der Waals surface area contributed by atoms with Gasteiger partial charge in [0.25, 0.3) is 5.91 Å². The molecular formula is C26H30N4O2. The maximum atomic E-state index is 12.7. The lowest BCUT2D eigenvalue weighted by Gasteiger charge is -2.32. The maximum absolute atomic E-state index is 12.7. The molecule has 6 heteroatoms. The van der Waals surface area contributed by atoms with Gasteiger partial charge in [-0.05, 0) is 74.2 Å². The number of aromatic amines is 2. The lowest BCUT2D eigenvalue weighted by molar-refractivity contribution is 0.0911. The number of methoxy groups -OCH3 is 1. The molecule has 0 radical (unpaired) electrons. The summed E-state index contributed by atoms with van der Waals surface area (Å²) in [6.45, 7) is 3.13. The van der Waals surface area contributed by atoms with Gasteiger partial charge in [0.1, 0.15) is 5.75 Å². The lowest BCUT2D eigenvalue weighted by Crippen LogP contribution is -2.44. The van der Waals surface area contributed by atoms with Crippen molar-refractivity contribution in [2.75, 3.05) is 26.7 Å². The molecule has 0 aliphatic carbocycles. The summed E-state index contributed by atoms with van der Waals surface area (Å²) in [5.74, 6) is 0.964. The number of aryl methyl sites for hydroxylation is 1. The van der Waals surface area contributed by atoms with E-state index in [-0.39, 0.29) is 11.9 Å². The molecule has 1 amide bonds. The van der Waals surface area contributed by atoms with E-state index in [1.807, 2.05) is 42.6 Å². The molecule has 1 fully saturated rings. The Morgan fingerprint density at radius 2 is 2.00 bits per heavy atom. The van der Waals surface area contributed by atoms with Gasteiger partial charge in [0.05, 0.1) is 7.11 Å². The molecule has 0 atom stereocenters. The highest BCUT2D eigenvalue weighted by atomic mass is 16.5. The summed E-state index contributed by atoms with van der Waals surface area (Å²) in [5, 5.41) is 5.50. The predicted molar refractivity (Wildman–Crippen MR) is 128 cm³/mol. The SMILES string of the molecule is COc1cccc2[nH]cc(CCCN3CCC(NC(=O)c4ccc5[nH]ccc5c4)CC3)c12. The number of H-pyrrole nitrogens is 2. The molecule has 0 spiro atoms. The number of aromatic nitrogens is 2. The number of amides is 1. The zero-order valence-corrected chi connectivity index (χ0v) is 18.5. The number of carbonyl (C=O) groups excluding carboxylic acids is 1. The van der Waals surface area contributed by atoms with Gasteiger partial charge >= 0.3 is 0 Å². The third-order valence-electron chi connectivity index (χ3n) is 6.63. The zero-order valence-electron chi connectivity index (χ0n) is 18.5. The van der Waals surface area contributed by atoms with E-state index in [1.165, 1.54) is 10.9 Å². The number of hydrogen-bond donors (Lipinski definition) is 3. The van der Waals surface area contributed by atoms with Crippen molar-refractivity contribution in [1.29, 1.82) is 0 Å². The van der Waals surface area contributed by atoms with Crippen LogP contribution in [-0.2, 0) is 6.42 Å². The number of nitrogens with zero attached hydrogens (tertiary/aromatic N) is 1. The van der Waals surface area contributed by atoms with Crippen molar-refractivity contribution in [2.45, 2.75) is 31.7 Å². The molecular weight excluding hydrogens is 400 g/mol. The largest absolute Gasteiger partial charge is 0.496 e. The Labute approximate surface area is 187 Å². The summed E-state index contributed by atoms with van der Waals surface area (Å²) in [5.41, 5.74) is 4.24. The maximum Gasteiger partial charge on any atom is 0.251 e. The van der Waals surface area contributed by atoms with Crippen molar-refractivity contribution in [2.24, 2.45) is 0 Å². The molecule has 1 aliphatic rings. The average Bonchev–Trinajstić information content (AvgIpc) is 3.46. The van der Waals surface area contributed by atoms with Gasteiger partial charge in [-0.3, -0.25) is 4.79 Å². The summed E-state index contributed by atoms with van der Waals surface area (Å²) in [7, 11) is 1.73. The van der Waals surface area contributed by atoms with Crippen LogP contribution in [0.2, 0.25) is 0 Å². The number of carbonyl (C=O) groups is 1. The second-order valence-electron chi connectivity index (χ2n) is 8.67. The molecule has 1 saturated heterocycles. The molecule has 166 valence electrons. The Morgan fingerprint density at radius 3 is 2.84 bits per heavy atom. The Kier molecular flexibility index (Phi) is 5.86. The van der Waals surface area contributed by atoms with Crippen LogP contribution < -0.4 is 10.1 Å². The van der Waals surface area contributed by atoms with Gasteiger partial charge in [0.15, 0.2) is 0 Å². The van der Waals surface area contributed by atoms with Crippen LogP contribution in [0.25, 0.3) is 21.8 Å². The number of benzene rings is 2. The molecule has 0 unspecified atom stereocenters. The van der Waals surface area contributed by atoms with Gasteiger partial charge in [-0.2, -0.15) is 0 Å². The number of rotatable bonds is 7. The molecule has 5 rings (SSSR count). The molecule has 2 aromatic carbocycles. The topological polar surface area (TPSA) is 73.2 Å². The quantitative estimate of drug-likeness (QED) is 0.405. The molecule has 0 bridgehead atoms. The Morgan fingerprint density at radius 1 is 1.12 bits per heavy atom. The molecule has 1 aliphatic heterocycles.